The molecule has 0 spiro atoms. The van der Waals surface area contributed by atoms with Gasteiger partial charge >= 0.3 is 0 Å². The molecule has 1 heterocycles. The van der Waals surface area contributed by atoms with Gasteiger partial charge < -0.3 is 10.4 Å². The van der Waals surface area contributed by atoms with Crippen LogP contribution in [0.1, 0.15) is 11.3 Å². The van der Waals surface area contributed by atoms with Crippen molar-refractivity contribution in [3.8, 4) is 0 Å². The SMILES string of the molecule is O/N=C\c1ccnc(/C=N\O)c1. The zero-order valence-electron chi connectivity index (χ0n) is 6.12. The van der Waals surface area contributed by atoms with Gasteiger partial charge in [-0.25, -0.2) is 0 Å². The van der Waals surface area contributed by atoms with E-state index in [0.717, 1.165) is 0 Å². The fraction of sp³-hybridized carbons (Fsp3) is 0. The predicted molar refractivity (Wildman–Crippen MR) is 43.0 cm³/mol. The minimum atomic E-state index is 0.495. The van der Waals surface area contributed by atoms with E-state index in [0.29, 0.717) is 11.3 Å². The molecule has 0 radical (unpaired) electrons. The van der Waals surface area contributed by atoms with Gasteiger partial charge in [0.1, 0.15) is 0 Å². The zero-order chi connectivity index (χ0) is 8.81. The predicted octanol–water partition coefficient (Wildman–Crippen LogP) is 0.698. The highest BCUT2D eigenvalue weighted by atomic mass is 16.4. The Balaban J connectivity index is 2.95. The van der Waals surface area contributed by atoms with Crippen molar-refractivity contribution in [2.75, 3.05) is 0 Å². The molecule has 62 valence electrons. The molecule has 0 fully saturated rings. The largest absolute Gasteiger partial charge is 0.411 e. The maximum Gasteiger partial charge on any atom is 0.0918 e. The Labute approximate surface area is 68.7 Å². The monoisotopic (exact) mass is 165 g/mol. The zero-order valence-corrected chi connectivity index (χ0v) is 6.12. The molecule has 0 saturated carbocycles. The molecule has 0 aliphatic heterocycles. The molecule has 12 heavy (non-hydrogen) atoms. The van der Waals surface area contributed by atoms with E-state index in [-0.39, 0.29) is 0 Å². The molecule has 0 unspecified atom stereocenters. The van der Waals surface area contributed by atoms with Crippen molar-refractivity contribution in [3.05, 3.63) is 29.6 Å². The normalized spacial score (nSPS) is 11.3. The lowest BCUT2D eigenvalue weighted by Crippen LogP contribution is -1.89. The van der Waals surface area contributed by atoms with Crippen molar-refractivity contribution < 1.29 is 10.4 Å². The number of nitrogens with zero attached hydrogens (tertiary/aromatic N) is 3. The number of rotatable bonds is 2. The molecular weight excluding hydrogens is 158 g/mol. The summed E-state index contributed by atoms with van der Waals surface area (Å²) < 4.78 is 0. The maximum atomic E-state index is 8.21. The second-order valence-electron chi connectivity index (χ2n) is 2.00. The highest BCUT2D eigenvalue weighted by Crippen LogP contribution is 1.96. The third-order valence-corrected chi connectivity index (χ3v) is 1.20. The molecule has 5 heteroatoms. The summed E-state index contributed by atoms with van der Waals surface area (Å²) >= 11 is 0. The van der Waals surface area contributed by atoms with Crippen LogP contribution in [0, 0.1) is 0 Å². The lowest BCUT2D eigenvalue weighted by atomic mass is 10.2. The van der Waals surface area contributed by atoms with Gasteiger partial charge in [0.05, 0.1) is 18.1 Å². The van der Waals surface area contributed by atoms with Crippen LogP contribution in [0.2, 0.25) is 0 Å². The van der Waals surface area contributed by atoms with E-state index in [1.54, 1.807) is 12.1 Å². The Morgan fingerprint density at radius 1 is 1.25 bits per heavy atom. The lowest BCUT2D eigenvalue weighted by molar-refractivity contribution is 0.321. The minimum absolute atomic E-state index is 0.495. The van der Waals surface area contributed by atoms with Crippen LogP contribution in [-0.4, -0.2) is 27.8 Å². The van der Waals surface area contributed by atoms with E-state index >= 15 is 0 Å². The molecule has 5 nitrogen and oxygen atoms in total. The summed E-state index contributed by atoms with van der Waals surface area (Å²) in [6.07, 6.45) is 3.97. The number of hydrogen-bond acceptors (Lipinski definition) is 5. The number of aromatic nitrogens is 1. The van der Waals surface area contributed by atoms with E-state index in [1.165, 1.54) is 18.6 Å². The highest BCUT2D eigenvalue weighted by Gasteiger charge is 1.91. The van der Waals surface area contributed by atoms with Gasteiger partial charge in [-0.05, 0) is 17.7 Å². The molecule has 0 atom stereocenters. The van der Waals surface area contributed by atoms with Crippen LogP contribution in [0.5, 0.6) is 0 Å². The Kier molecular flexibility index (Phi) is 2.78. The minimum Gasteiger partial charge on any atom is -0.411 e. The molecule has 1 aromatic rings. The summed E-state index contributed by atoms with van der Waals surface area (Å²) in [4.78, 5) is 3.86. The average Bonchev–Trinajstić information content (AvgIpc) is 2.06. The molecule has 0 bridgehead atoms. The average molecular weight is 165 g/mol. The topological polar surface area (TPSA) is 78.1 Å². The number of oxime groups is 2. The number of pyridine rings is 1. The van der Waals surface area contributed by atoms with Gasteiger partial charge in [-0.1, -0.05) is 10.3 Å². The summed E-state index contributed by atoms with van der Waals surface area (Å²) in [7, 11) is 0. The van der Waals surface area contributed by atoms with Crippen LogP contribution >= 0.6 is 0 Å². The Morgan fingerprint density at radius 2 is 2.00 bits per heavy atom. The van der Waals surface area contributed by atoms with Crippen LogP contribution in [0.15, 0.2) is 28.6 Å². The third-order valence-electron chi connectivity index (χ3n) is 1.20. The molecule has 0 aliphatic carbocycles. The van der Waals surface area contributed by atoms with Gasteiger partial charge in [0.15, 0.2) is 0 Å². The molecule has 0 saturated heterocycles. The summed E-state index contributed by atoms with van der Waals surface area (Å²) in [5.41, 5.74) is 1.18. The van der Waals surface area contributed by atoms with Gasteiger partial charge in [-0.3, -0.25) is 4.98 Å². The molecule has 0 amide bonds. The Bertz CT molecular complexity index is 282. The lowest BCUT2D eigenvalue weighted by Gasteiger charge is -1.92. The van der Waals surface area contributed by atoms with Gasteiger partial charge in [0, 0.05) is 6.20 Å². The van der Waals surface area contributed by atoms with E-state index in [1.807, 2.05) is 0 Å². The second-order valence-corrected chi connectivity index (χ2v) is 2.00. The molecule has 2 N–H and O–H groups in total. The maximum absolute atomic E-state index is 8.21. The van der Waals surface area contributed by atoms with E-state index in [9.17, 15) is 0 Å². The van der Waals surface area contributed by atoms with Crippen LogP contribution in [0.4, 0.5) is 0 Å². The first-order valence-corrected chi connectivity index (χ1v) is 3.17. The van der Waals surface area contributed by atoms with Crippen molar-refractivity contribution in [1.29, 1.82) is 0 Å². The van der Waals surface area contributed by atoms with Crippen molar-refractivity contribution >= 4 is 12.4 Å². The Hall–Kier alpha value is -1.91. The first-order valence-electron chi connectivity index (χ1n) is 3.17. The fourth-order valence-electron chi connectivity index (χ4n) is 0.742. The molecule has 0 aliphatic rings. The van der Waals surface area contributed by atoms with E-state index < -0.39 is 0 Å². The van der Waals surface area contributed by atoms with E-state index in [4.69, 9.17) is 10.4 Å². The third kappa shape index (κ3) is 2.05. The van der Waals surface area contributed by atoms with E-state index in [2.05, 4.69) is 15.3 Å². The summed E-state index contributed by atoms with van der Waals surface area (Å²) in [6.45, 7) is 0. The van der Waals surface area contributed by atoms with Gasteiger partial charge in [0.25, 0.3) is 0 Å². The van der Waals surface area contributed by atoms with Crippen LogP contribution < -0.4 is 0 Å². The van der Waals surface area contributed by atoms with Gasteiger partial charge in [0.2, 0.25) is 0 Å². The van der Waals surface area contributed by atoms with Crippen LogP contribution in [-0.2, 0) is 0 Å². The standard InChI is InChI=1S/C7H7N3O2/c11-9-4-6-1-2-8-7(3-6)5-10-12/h1-5,11-12H/b9-4-,10-5-. The molecule has 0 aromatic carbocycles. The van der Waals surface area contributed by atoms with Crippen LogP contribution in [0.3, 0.4) is 0 Å². The summed E-state index contributed by atoms with van der Waals surface area (Å²) in [5.74, 6) is 0. The first kappa shape index (κ1) is 8.19. The summed E-state index contributed by atoms with van der Waals surface area (Å²) in [6, 6.07) is 3.27. The smallest absolute Gasteiger partial charge is 0.0918 e. The first-order chi connectivity index (χ1) is 5.86. The van der Waals surface area contributed by atoms with Crippen molar-refractivity contribution in [2.24, 2.45) is 10.3 Å². The van der Waals surface area contributed by atoms with Crippen molar-refractivity contribution in [2.45, 2.75) is 0 Å². The highest BCUT2D eigenvalue weighted by molar-refractivity contribution is 5.83. The van der Waals surface area contributed by atoms with Crippen LogP contribution in [0.25, 0.3) is 0 Å². The Morgan fingerprint density at radius 3 is 2.67 bits per heavy atom. The summed E-state index contributed by atoms with van der Waals surface area (Å²) in [5, 5.41) is 22.1. The van der Waals surface area contributed by atoms with Gasteiger partial charge in [-0.2, -0.15) is 0 Å². The molecular formula is C7H7N3O2. The quantitative estimate of drug-likeness (QED) is 0.384. The fourth-order valence-corrected chi connectivity index (χ4v) is 0.742. The van der Waals surface area contributed by atoms with Crippen molar-refractivity contribution in [3.63, 3.8) is 0 Å². The number of hydrogen-bond donors (Lipinski definition) is 2. The van der Waals surface area contributed by atoms with Gasteiger partial charge in [-0.15, -0.1) is 0 Å². The molecule has 1 aromatic heterocycles. The van der Waals surface area contributed by atoms with Crippen molar-refractivity contribution in [1.82, 2.24) is 4.98 Å². The second kappa shape index (κ2) is 4.07. The molecule has 1 rings (SSSR count).